The van der Waals surface area contributed by atoms with Crippen LogP contribution in [-0.2, 0) is 28.2 Å². The highest BCUT2D eigenvalue weighted by molar-refractivity contribution is 6.91. The molecule has 1 amide bonds. The molecule has 1 spiro atoms. The van der Waals surface area contributed by atoms with Gasteiger partial charge >= 0.3 is 0 Å². The van der Waals surface area contributed by atoms with Crippen LogP contribution in [-0.4, -0.2) is 65.6 Å². The molecule has 2 aliphatic rings. The largest absolute Gasteiger partial charge is 0.497 e. The predicted octanol–water partition coefficient (Wildman–Crippen LogP) is 7.08. The SMILES string of the molecule is COc1ccc([Si](C)(C)[C@H]2[C@H](CCn3cc(C(CO)c4ccccc4)nn3)O[C@@]3(C(=O)N(Cc4cccc(-n5cccc(OC)c5=O)c4)c4ccc(Cl)cc43)[C@@H]2C)cc1. The highest BCUT2D eigenvalue weighted by atomic mass is 35.5. The topological polar surface area (TPSA) is 121 Å². The molecule has 4 aromatic carbocycles. The predicted molar refractivity (Wildman–Crippen MR) is 231 cm³/mol. The van der Waals surface area contributed by atoms with Crippen molar-refractivity contribution in [3.05, 3.63) is 159 Å². The normalized spacial score (nSPS) is 20.6. The minimum absolute atomic E-state index is 0.00704. The molecule has 1 saturated heterocycles. The van der Waals surface area contributed by atoms with E-state index in [9.17, 15) is 9.90 Å². The number of nitrogens with zero attached hydrogens (tertiary/aromatic N) is 5. The molecule has 8 rings (SSSR count). The van der Waals surface area contributed by atoms with Crippen LogP contribution < -0.4 is 25.1 Å². The van der Waals surface area contributed by atoms with Crippen LogP contribution in [0.25, 0.3) is 5.69 Å². The van der Waals surface area contributed by atoms with Crippen LogP contribution in [0, 0.1) is 5.92 Å². The summed E-state index contributed by atoms with van der Waals surface area (Å²) in [6.07, 6.45) is 3.84. The van der Waals surface area contributed by atoms with Crippen LogP contribution in [0.5, 0.6) is 11.5 Å². The molecule has 1 unspecified atom stereocenters. The lowest BCUT2D eigenvalue weighted by atomic mass is 9.82. The number of aryl methyl sites for hydroxylation is 1. The maximum absolute atomic E-state index is 15.4. The Bertz CT molecular complexity index is 2530. The Labute approximate surface area is 349 Å². The third-order valence-corrected chi connectivity index (χ3v) is 17.0. The molecule has 6 aromatic rings. The number of aromatic nitrogens is 4. The molecule has 59 heavy (non-hydrogen) atoms. The summed E-state index contributed by atoms with van der Waals surface area (Å²) in [4.78, 5) is 30.4. The van der Waals surface area contributed by atoms with Crippen molar-refractivity contribution in [1.29, 1.82) is 0 Å². The summed E-state index contributed by atoms with van der Waals surface area (Å²) in [6, 6.07) is 34.7. The molecular formula is C46H48ClN5O6Si. The number of rotatable bonds is 13. The van der Waals surface area contributed by atoms with Crippen molar-refractivity contribution in [2.45, 2.75) is 62.7 Å². The summed E-state index contributed by atoms with van der Waals surface area (Å²) in [6.45, 7) is 7.52. The smallest absolute Gasteiger partial charge is 0.297 e. The van der Waals surface area contributed by atoms with Crippen molar-refractivity contribution < 1.29 is 24.1 Å². The van der Waals surface area contributed by atoms with E-state index in [2.05, 4.69) is 42.5 Å². The van der Waals surface area contributed by atoms with Crippen LogP contribution in [0.1, 0.15) is 41.6 Å². The third kappa shape index (κ3) is 7.18. The van der Waals surface area contributed by atoms with Crippen molar-refractivity contribution in [2.75, 3.05) is 25.7 Å². The summed E-state index contributed by atoms with van der Waals surface area (Å²) in [5.74, 6) is 0.340. The molecule has 4 heterocycles. The maximum atomic E-state index is 15.4. The number of carbonyl (C=O) groups excluding carboxylic acids is 1. The lowest BCUT2D eigenvalue weighted by molar-refractivity contribution is -0.146. The standard InChI is InChI=1S/C46H48ClN5O6Si/c1-30-43(59(4,5)36-19-17-35(56-2)18-20-36)41(22-24-50-28-39(48-49-50)37(29-53)32-12-7-6-8-13-32)58-46(30)38-26-33(47)16-21-40(38)52(45(46)55)27-31-11-9-14-34(25-31)51-23-10-15-42(57-3)44(51)54/h6-21,23,25-26,28,30,37,41,43,53H,22,24,27,29H2,1-5H3/t30-,37?,41+,43-,46+/m1/s1. The number of anilines is 1. The fourth-order valence-electron chi connectivity index (χ4n) is 9.43. The van der Waals surface area contributed by atoms with E-state index in [-0.39, 0.29) is 53.8 Å². The number of benzene rings is 4. The number of amides is 1. The molecule has 13 heteroatoms. The zero-order valence-electron chi connectivity index (χ0n) is 33.8. The van der Waals surface area contributed by atoms with Gasteiger partial charge in [-0.1, -0.05) is 96.6 Å². The van der Waals surface area contributed by atoms with Gasteiger partial charge in [-0.2, -0.15) is 0 Å². The second kappa shape index (κ2) is 16.3. The van der Waals surface area contributed by atoms with Crippen LogP contribution >= 0.6 is 11.6 Å². The van der Waals surface area contributed by atoms with Crippen LogP contribution in [0.3, 0.4) is 0 Å². The Balaban J connectivity index is 1.15. The number of aliphatic hydroxyl groups excluding tert-OH is 1. The number of methoxy groups -OCH3 is 2. The van der Waals surface area contributed by atoms with Crippen molar-refractivity contribution in [1.82, 2.24) is 19.6 Å². The number of halogens is 1. The van der Waals surface area contributed by atoms with Crippen molar-refractivity contribution >= 4 is 36.5 Å². The first kappa shape index (κ1) is 40.3. The molecule has 304 valence electrons. The van der Waals surface area contributed by atoms with Gasteiger partial charge in [0.1, 0.15) is 5.75 Å². The Kier molecular flexibility index (Phi) is 11.1. The van der Waals surface area contributed by atoms with E-state index in [0.717, 1.165) is 28.1 Å². The molecule has 2 aromatic heterocycles. The Morgan fingerprint density at radius 2 is 1.71 bits per heavy atom. The third-order valence-electron chi connectivity index (χ3n) is 12.4. The van der Waals surface area contributed by atoms with E-state index < -0.39 is 13.7 Å². The first-order valence-electron chi connectivity index (χ1n) is 19.8. The first-order chi connectivity index (χ1) is 28.5. The zero-order chi connectivity index (χ0) is 41.5. The van der Waals surface area contributed by atoms with Gasteiger partial charge in [0.15, 0.2) is 11.4 Å². The van der Waals surface area contributed by atoms with E-state index in [1.165, 1.54) is 16.9 Å². The second-order valence-electron chi connectivity index (χ2n) is 16.0. The van der Waals surface area contributed by atoms with Gasteiger partial charge in [-0.05, 0) is 77.7 Å². The number of hydrogen-bond acceptors (Lipinski definition) is 8. The number of pyridine rings is 1. The molecule has 0 bridgehead atoms. The molecule has 0 radical (unpaired) electrons. The van der Waals surface area contributed by atoms with Gasteiger partial charge in [0, 0.05) is 41.1 Å². The zero-order valence-corrected chi connectivity index (χ0v) is 35.5. The fraction of sp³-hybridized carbons (Fsp3) is 0.304. The Morgan fingerprint density at radius 3 is 2.44 bits per heavy atom. The second-order valence-corrected chi connectivity index (χ2v) is 21.1. The molecule has 2 aliphatic heterocycles. The molecule has 5 atom stereocenters. The minimum Gasteiger partial charge on any atom is -0.497 e. The number of hydrogen-bond donors (Lipinski definition) is 1. The molecule has 11 nitrogen and oxygen atoms in total. The number of ether oxygens (including phenoxy) is 3. The first-order valence-corrected chi connectivity index (χ1v) is 23.3. The molecule has 1 fully saturated rings. The van der Waals surface area contributed by atoms with Gasteiger partial charge in [0.05, 0.1) is 58.8 Å². The summed E-state index contributed by atoms with van der Waals surface area (Å²) >= 11 is 6.76. The van der Waals surface area contributed by atoms with E-state index in [1.807, 2.05) is 95.8 Å². The summed E-state index contributed by atoms with van der Waals surface area (Å²) in [7, 11) is 0.712. The maximum Gasteiger partial charge on any atom is 0.297 e. The van der Waals surface area contributed by atoms with Gasteiger partial charge in [-0.15, -0.1) is 5.10 Å². The minimum atomic E-state index is -2.43. The van der Waals surface area contributed by atoms with E-state index in [4.69, 9.17) is 25.8 Å². The summed E-state index contributed by atoms with van der Waals surface area (Å²) < 4.78 is 21.5. The number of carbonyl (C=O) groups is 1. The van der Waals surface area contributed by atoms with E-state index in [1.54, 1.807) is 30.3 Å². The molecule has 1 N–H and O–H groups in total. The molecule has 0 aliphatic carbocycles. The van der Waals surface area contributed by atoms with Gasteiger partial charge < -0.3 is 24.2 Å². The van der Waals surface area contributed by atoms with Crippen LogP contribution in [0.2, 0.25) is 23.7 Å². The lowest BCUT2D eigenvalue weighted by Gasteiger charge is -2.37. The molecular weight excluding hydrogens is 782 g/mol. The Morgan fingerprint density at radius 1 is 0.932 bits per heavy atom. The highest BCUT2D eigenvalue weighted by Gasteiger charge is 2.66. The fourth-order valence-corrected chi connectivity index (χ4v) is 13.7. The van der Waals surface area contributed by atoms with Crippen molar-refractivity contribution in [2.24, 2.45) is 5.92 Å². The van der Waals surface area contributed by atoms with E-state index >= 15 is 4.79 Å². The number of fused-ring (bicyclic) bond motifs is 2. The van der Waals surface area contributed by atoms with Crippen LogP contribution in [0.4, 0.5) is 5.69 Å². The summed E-state index contributed by atoms with van der Waals surface area (Å²) in [5, 5.41) is 21.0. The van der Waals surface area contributed by atoms with E-state index in [0.29, 0.717) is 29.4 Å². The van der Waals surface area contributed by atoms with Gasteiger partial charge in [0.25, 0.3) is 11.5 Å². The van der Waals surface area contributed by atoms with Gasteiger partial charge in [-0.25, -0.2) is 0 Å². The lowest BCUT2D eigenvalue weighted by Crippen LogP contribution is -2.51. The number of aliphatic hydroxyl groups is 1. The quantitative estimate of drug-likeness (QED) is 0.123. The van der Waals surface area contributed by atoms with Crippen molar-refractivity contribution in [3.8, 4) is 17.2 Å². The monoisotopic (exact) mass is 829 g/mol. The van der Waals surface area contributed by atoms with Gasteiger partial charge in [-0.3, -0.25) is 18.8 Å². The Hall–Kier alpha value is -5.53. The van der Waals surface area contributed by atoms with Gasteiger partial charge in [0.2, 0.25) is 0 Å². The van der Waals surface area contributed by atoms with Crippen molar-refractivity contribution in [3.63, 3.8) is 0 Å². The van der Waals surface area contributed by atoms with Crippen LogP contribution in [0.15, 0.2) is 126 Å². The molecule has 0 saturated carbocycles. The highest BCUT2D eigenvalue weighted by Crippen LogP contribution is 2.60. The average Bonchev–Trinajstić information content (AvgIpc) is 3.91. The summed E-state index contributed by atoms with van der Waals surface area (Å²) in [5.41, 5.74) is 3.06. The average molecular weight is 830 g/mol.